The number of nitrogens with zero attached hydrogens (tertiary/aromatic N) is 2. The Kier molecular flexibility index (Phi) is 4.46. The van der Waals surface area contributed by atoms with Gasteiger partial charge in [0.2, 0.25) is 5.91 Å². The molecule has 1 amide bonds. The number of nitro groups is 1. The lowest BCUT2D eigenvalue weighted by Crippen LogP contribution is -2.26. The summed E-state index contributed by atoms with van der Waals surface area (Å²) in [6.07, 6.45) is 0.311. The number of hydrogen-bond acceptors (Lipinski definition) is 6. The molecule has 0 bridgehead atoms. The molecular formula is C12H15N3O4S. The number of non-ortho nitro benzene ring substituents is 1. The first-order valence-corrected chi connectivity index (χ1v) is 6.66. The first kappa shape index (κ1) is 14.6. The molecule has 1 aromatic rings. The number of carbonyl (C=O) groups excluding carboxylic acids is 1. The fourth-order valence-electron chi connectivity index (χ4n) is 2.12. The molecule has 1 atom stereocenters. The topological polar surface area (TPSA) is 95.7 Å². The van der Waals surface area contributed by atoms with Crippen molar-refractivity contribution >= 4 is 35.6 Å². The van der Waals surface area contributed by atoms with Crippen LogP contribution in [0, 0.1) is 10.1 Å². The summed E-state index contributed by atoms with van der Waals surface area (Å²) in [6.45, 7) is 0.646. The summed E-state index contributed by atoms with van der Waals surface area (Å²) in [5, 5.41) is 22.6. The van der Waals surface area contributed by atoms with Crippen LogP contribution in [0.4, 0.5) is 17.1 Å². The lowest BCUT2D eigenvalue weighted by atomic mass is 10.2. The van der Waals surface area contributed by atoms with E-state index in [9.17, 15) is 14.9 Å². The maximum atomic E-state index is 11.9. The number of aliphatic hydroxyl groups excluding tert-OH is 1. The summed E-state index contributed by atoms with van der Waals surface area (Å²) in [5.41, 5.74) is 0.958. The molecule has 0 saturated carbocycles. The van der Waals surface area contributed by atoms with E-state index in [1.165, 1.54) is 17.0 Å². The van der Waals surface area contributed by atoms with Gasteiger partial charge in [0.05, 0.1) is 22.9 Å². The Hall–Kier alpha value is -1.80. The maximum absolute atomic E-state index is 11.9. The first-order valence-electron chi connectivity index (χ1n) is 6.14. The highest BCUT2D eigenvalue weighted by atomic mass is 32.1. The molecule has 1 aliphatic rings. The number of rotatable bonds is 5. The molecule has 8 heteroatoms. The van der Waals surface area contributed by atoms with Gasteiger partial charge < -0.3 is 15.3 Å². The fraction of sp³-hybridized carbons (Fsp3) is 0.417. The van der Waals surface area contributed by atoms with Gasteiger partial charge in [-0.05, 0) is 6.07 Å². The summed E-state index contributed by atoms with van der Waals surface area (Å²) in [6, 6.07) is 4.27. The Labute approximate surface area is 121 Å². The minimum Gasteiger partial charge on any atom is -0.395 e. The predicted octanol–water partition coefficient (Wildman–Crippen LogP) is 1.03. The zero-order chi connectivity index (χ0) is 14.7. The summed E-state index contributed by atoms with van der Waals surface area (Å²) < 4.78 is 0. The molecule has 1 saturated heterocycles. The van der Waals surface area contributed by atoms with Gasteiger partial charge in [-0.1, -0.05) is 0 Å². The Morgan fingerprint density at radius 3 is 2.85 bits per heavy atom. The predicted molar refractivity (Wildman–Crippen MR) is 78.4 cm³/mol. The molecule has 20 heavy (non-hydrogen) atoms. The largest absolute Gasteiger partial charge is 0.395 e. The highest BCUT2D eigenvalue weighted by Crippen LogP contribution is 2.34. The average Bonchev–Trinajstić information content (AvgIpc) is 2.75. The van der Waals surface area contributed by atoms with Crippen molar-refractivity contribution in [1.29, 1.82) is 0 Å². The number of anilines is 2. The fourth-order valence-corrected chi connectivity index (χ4v) is 2.44. The van der Waals surface area contributed by atoms with E-state index >= 15 is 0 Å². The van der Waals surface area contributed by atoms with Crippen molar-refractivity contribution in [2.75, 3.05) is 29.9 Å². The van der Waals surface area contributed by atoms with Crippen molar-refractivity contribution in [3.63, 3.8) is 0 Å². The monoisotopic (exact) mass is 297 g/mol. The first-order chi connectivity index (χ1) is 9.52. The maximum Gasteiger partial charge on any atom is 0.271 e. The highest BCUT2D eigenvalue weighted by molar-refractivity contribution is 7.81. The van der Waals surface area contributed by atoms with Crippen LogP contribution in [0.3, 0.4) is 0 Å². The molecule has 1 aromatic carbocycles. The van der Waals surface area contributed by atoms with Crippen LogP contribution in [-0.2, 0) is 4.79 Å². The van der Waals surface area contributed by atoms with Crippen LogP contribution in [-0.4, -0.2) is 40.9 Å². The molecule has 0 aromatic heterocycles. The third kappa shape index (κ3) is 3.02. The van der Waals surface area contributed by atoms with Gasteiger partial charge in [-0.3, -0.25) is 14.9 Å². The lowest BCUT2D eigenvalue weighted by Gasteiger charge is -2.20. The van der Waals surface area contributed by atoms with E-state index in [1.54, 1.807) is 6.07 Å². The Morgan fingerprint density at radius 2 is 2.30 bits per heavy atom. The van der Waals surface area contributed by atoms with Gasteiger partial charge in [0.25, 0.3) is 5.69 Å². The van der Waals surface area contributed by atoms with Crippen LogP contribution in [0.15, 0.2) is 18.2 Å². The molecule has 1 heterocycles. The summed E-state index contributed by atoms with van der Waals surface area (Å²) in [5.74, 6) is -0.113. The second kappa shape index (κ2) is 6.10. The van der Waals surface area contributed by atoms with Gasteiger partial charge >= 0.3 is 0 Å². The Balaban J connectivity index is 2.38. The van der Waals surface area contributed by atoms with Gasteiger partial charge in [-0.2, -0.15) is 12.6 Å². The van der Waals surface area contributed by atoms with Gasteiger partial charge in [0.1, 0.15) is 0 Å². The number of nitrogens with one attached hydrogen (secondary N) is 1. The van der Waals surface area contributed by atoms with Crippen LogP contribution < -0.4 is 10.2 Å². The van der Waals surface area contributed by atoms with Crippen molar-refractivity contribution < 1.29 is 14.8 Å². The van der Waals surface area contributed by atoms with Crippen molar-refractivity contribution in [3.8, 4) is 0 Å². The summed E-state index contributed by atoms with van der Waals surface area (Å²) in [4.78, 5) is 23.8. The van der Waals surface area contributed by atoms with Crippen LogP contribution in [0.1, 0.15) is 6.42 Å². The molecule has 1 aliphatic heterocycles. The van der Waals surface area contributed by atoms with Crippen molar-refractivity contribution in [2.45, 2.75) is 11.7 Å². The van der Waals surface area contributed by atoms with Gasteiger partial charge in [-0.15, -0.1) is 0 Å². The minimum absolute atomic E-state index is 0.0699. The quantitative estimate of drug-likeness (QED) is 0.429. The Morgan fingerprint density at radius 1 is 1.55 bits per heavy atom. The number of carbonyl (C=O) groups is 1. The van der Waals surface area contributed by atoms with Crippen LogP contribution in [0.25, 0.3) is 0 Å². The molecule has 1 fully saturated rings. The molecule has 1 unspecified atom stereocenters. The standard InChI is InChI=1S/C12H15N3O4S/c16-4-3-13-10-2-1-8(15(18)19)5-11(10)14-7-9(20)6-12(14)17/h1-2,5,9,13,16,20H,3-4,6-7H2. The number of amides is 1. The number of hydrogen-bond donors (Lipinski definition) is 3. The van der Waals surface area contributed by atoms with E-state index in [4.69, 9.17) is 5.11 Å². The molecular weight excluding hydrogens is 282 g/mol. The minimum atomic E-state index is -0.502. The molecule has 7 nitrogen and oxygen atoms in total. The number of benzene rings is 1. The van der Waals surface area contributed by atoms with Crippen LogP contribution in [0.2, 0.25) is 0 Å². The van der Waals surface area contributed by atoms with Crippen LogP contribution in [0.5, 0.6) is 0 Å². The normalized spacial score (nSPS) is 18.4. The second-order valence-corrected chi connectivity index (χ2v) is 5.20. The van der Waals surface area contributed by atoms with Crippen molar-refractivity contribution in [2.24, 2.45) is 0 Å². The summed E-state index contributed by atoms with van der Waals surface area (Å²) in [7, 11) is 0. The number of aliphatic hydroxyl groups is 1. The van der Waals surface area contributed by atoms with E-state index < -0.39 is 4.92 Å². The zero-order valence-corrected chi connectivity index (χ0v) is 11.5. The van der Waals surface area contributed by atoms with E-state index in [0.717, 1.165) is 0 Å². The van der Waals surface area contributed by atoms with E-state index in [1.807, 2.05) is 0 Å². The molecule has 0 radical (unpaired) electrons. The van der Waals surface area contributed by atoms with Crippen molar-refractivity contribution in [3.05, 3.63) is 28.3 Å². The third-order valence-electron chi connectivity index (χ3n) is 3.01. The van der Waals surface area contributed by atoms with Gasteiger partial charge in [-0.25, -0.2) is 0 Å². The molecule has 2 N–H and O–H groups in total. The van der Waals surface area contributed by atoms with E-state index in [2.05, 4.69) is 17.9 Å². The zero-order valence-electron chi connectivity index (χ0n) is 10.7. The lowest BCUT2D eigenvalue weighted by molar-refractivity contribution is -0.384. The number of nitro benzene ring substituents is 1. The Bertz CT molecular complexity index is 537. The number of thiol groups is 1. The average molecular weight is 297 g/mol. The molecule has 2 rings (SSSR count). The summed E-state index contributed by atoms with van der Waals surface area (Å²) >= 11 is 4.28. The van der Waals surface area contributed by atoms with Crippen LogP contribution >= 0.6 is 12.6 Å². The van der Waals surface area contributed by atoms with Crippen molar-refractivity contribution in [1.82, 2.24) is 0 Å². The molecule has 0 aliphatic carbocycles. The SMILES string of the molecule is O=C1CC(S)CN1c1cc([N+](=O)[O-])ccc1NCCO. The smallest absolute Gasteiger partial charge is 0.271 e. The highest BCUT2D eigenvalue weighted by Gasteiger charge is 2.30. The third-order valence-corrected chi connectivity index (χ3v) is 3.36. The second-order valence-electron chi connectivity index (χ2n) is 4.47. The van der Waals surface area contributed by atoms with E-state index in [-0.39, 0.29) is 23.5 Å². The van der Waals surface area contributed by atoms with E-state index in [0.29, 0.717) is 30.9 Å². The molecule has 108 valence electrons. The van der Waals surface area contributed by atoms with Gasteiger partial charge in [0.15, 0.2) is 0 Å². The molecule has 0 spiro atoms. The van der Waals surface area contributed by atoms with Gasteiger partial charge in [0, 0.05) is 36.9 Å².